The molecule has 0 spiro atoms. The molecule has 28 heavy (non-hydrogen) atoms. The molecule has 0 atom stereocenters. The van der Waals surface area contributed by atoms with Gasteiger partial charge in [0.1, 0.15) is 11.2 Å². The number of H-pyrrole nitrogens is 1. The molecule has 1 aromatic heterocycles. The van der Waals surface area contributed by atoms with E-state index in [4.69, 9.17) is 10.00 Å². The molecule has 0 bridgehead atoms. The molecule has 8 heteroatoms. The van der Waals surface area contributed by atoms with E-state index in [9.17, 15) is 14.4 Å². The van der Waals surface area contributed by atoms with Gasteiger partial charge in [0, 0.05) is 11.8 Å². The van der Waals surface area contributed by atoms with E-state index in [1.807, 2.05) is 0 Å². The van der Waals surface area contributed by atoms with Gasteiger partial charge in [-0.05, 0) is 38.3 Å². The minimum Gasteiger partial charge on any atom is -0.461 e. The Morgan fingerprint density at radius 3 is 2.64 bits per heavy atom. The highest BCUT2D eigenvalue weighted by Gasteiger charge is 2.55. The molecule has 144 valence electrons. The predicted molar refractivity (Wildman–Crippen MR) is 99.8 cm³/mol. The lowest BCUT2D eigenvalue weighted by atomic mass is 10.0. The Morgan fingerprint density at radius 2 is 2.04 bits per heavy atom. The summed E-state index contributed by atoms with van der Waals surface area (Å²) in [4.78, 5) is 39.0. The fraction of sp³-hybridized carbons (Fsp3) is 0.350. The fourth-order valence-electron chi connectivity index (χ4n) is 3.21. The van der Waals surface area contributed by atoms with Crippen LogP contribution in [0.5, 0.6) is 0 Å². The minimum atomic E-state index is -0.953. The number of ether oxygens (including phenoxy) is 1. The van der Waals surface area contributed by atoms with Gasteiger partial charge in [0.25, 0.3) is 5.91 Å². The first kappa shape index (κ1) is 19.3. The standard InChI is InChI=1S/C20H20N4O4/c1-3-28-19(27)16-12-15(22-23-16)18(26)24(20(9-10-20)13(2)25)17-7-5-4-6-14(17)8-11-21/h4-7,12H,3,8-10H2,1-2H3,(H,22,23). The van der Waals surface area contributed by atoms with E-state index < -0.39 is 17.4 Å². The molecule has 1 aromatic carbocycles. The van der Waals surface area contributed by atoms with Crippen molar-refractivity contribution in [1.29, 1.82) is 5.26 Å². The highest BCUT2D eigenvalue weighted by molar-refractivity contribution is 6.12. The fourth-order valence-corrected chi connectivity index (χ4v) is 3.21. The first-order valence-electron chi connectivity index (χ1n) is 8.97. The third-order valence-corrected chi connectivity index (χ3v) is 4.80. The Bertz CT molecular complexity index is 969. The van der Waals surface area contributed by atoms with Crippen molar-refractivity contribution in [3.8, 4) is 6.07 Å². The first-order chi connectivity index (χ1) is 13.4. The van der Waals surface area contributed by atoms with Crippen LogP contribution in [0.15, 0.2) is 30.3 Å². The lowest BCUT2D eigenvalue weighted by Gasteiger charge is -2.31. The van der Waals surface area contributed by atoms with E-state index in [2.05, 4.69) is 16.3 Å². The molecule has 0 unspecified atom stereocenters. The SMILES string of the molecule is CCOC(=O)c1cc(C(=O)N(c2ccccc2CC#N)C2(C(C)=O)CC2)n[nH]1. The maximum absolute atomic E-state index is 13.3. The molecule has 8 nitrogen and oxygen atoms in total. The molecule has 3 rings (SSSR count). The number of aromatic nitrogens is 2. The number of aromatic amines is 1. The number of carbonyl (C=O) groups excluding carboxylic acids is 3. The number of anilines is 1. The maximum Gasteiger partial charge on any atom is 0.356 e. The van der Waals surface area contributed by atoms with Gasteiger partial charge >= 0.3 is 5.97 Å². The van der Waals surface area contributed by atoms with Crippen molar-refractivity contribution in [2.45, 2.75) is 38.6 Å². The van der Waals surface area contributed by atoms with Crippen molar-refractivity contribution in [3.63, 3.8) is 0 Å². The van der Waals surface area contributed by atoms with Crippen molar-refractivity contribution in [2.24, 2.45) is 0 Å². The topological polar surface area (TPSA) is 116 Å². The average Bonchev–Trinajstić information content (AvgIpc) is 3.32. The summed E-state index contributed by atoms with van der Waals surface area (Å²) in [6, 6.07) is 10.4. The van der Waals surface area contributed by atoms with E-state index in [0.29, 0.717) is 24.1 Å². The molecule has 2 aromatic rings. The van der Waals surface area contributed by atoms with E-state index in [1.165, 1.54) is 17.9 Å². The number of esters is 1. The summed E-state index contributed by atoms with van der Waals surface area (Å²) in [7, 11) is 0. The molecule has 0 saturated heterocycles. The molecule has 1 amide bonds. The van der Waals surface area contributed by atoms with Crippen LogP contribution < -0.4 is 4.90 Å². The Balaban J connectivity index is 2.04. The molecule has 1 saturated carbocycles. The Labute approximate surface area is 162 Å². The number of rotatable bonds is 7. The van der Waals surface area contributed by atoms with E-state index >= 15 is 0 Å². The molecular weight excluding hydrogens is 360 g/mol. The van der Waals surface area contributed by atoms with Gasteiger partial charge in [-0.1, -0.05) is 18.2 Å². The summed E-state index contributed by atoms with van der Waals surface area (Å²) in [5.41, 5.74) is 0.256. The summed E-state index contributed by atoms with van der Waals surface area (Å²) < 4.78 is 4.91. The van der Waals surface area contributed by atoms with Crippen molar-refractivity contribution in [2.75, 3.05) is 11.5 Å². The van der Waals surface area contributed by atoms with Crippen LogP contribution >= 0.6 is 0 Å². The van der Waals surface area contributed by atoms with Crippen LogP contribution in [0.3, 0.4) is 0 Å². The second kappa shape index (κ2) is 7.64. The van der Waals surface area contributed by atoms with Crippen molar-refractivity contribution >= 4 is 23.3 Å². The molecule has 0 radical (unpaired) electrons. The van der Waals surface area contributed by atoms with Gasteiger partial charge in [-0.2, -0.15) is 10.4 Å². The van der Waals surface area contributed by atoms with Crippen LogP contribution in [-0.4, -0.2) is 40.0 Å². The quantitative estimate of drug-likeness (QED) is 0.738. The average molecular weight is 380 g/mol. The van der Waals surface area contributed by atoms with Crippen molar-refractivity contribution in [3.05, 3.63) is 47.3 Å². The minimum absolute atomic E-state index is 0.00217. The lowest BCUT2D eigenvalue weighted by Crippen LogP contribution is -2.47. The normalized spacial score (nSPS) is 14.0. The number of amides is 1. The molecule has 0 aliphatic heterocycles. The van der Waals surface area contributed by atoms with Crippen molar-refractivity contribution < 1.29 is 19.1 Å². The second-order valence-electron chi connectivity index (χ2n) is 6.58. The number of nitrogens with one attached hydrogen (secondary N) is 1. The van der Waals surface area contributed by atoms with Crippen LogP contribution in [-0.2, 0) is 16.0 Å². The number of benzene rings is 1. The molecule has 1 heterocycles. The smallest absolute Gasteiger partial charge is 0.356 e. The number of para-hydroxylation sites is 1. The predicted octanol–water partition coefficient (Wildman–Crippen LogP) is 2.42. The number of nitrogens with zero attached hydrogens (tertiary/aromatic N) is 3. The van der Waals surface area contributed by atoms with Gasteiger partial charge in [0.05, 0.1) is 19.1 Å². The zero-order chi connectivity index (χ0) is 20.3. The first-order valence-corrected chi connectivity index (χ1v) is 8.97. The Hall–Kier alpha value is -3.47. The highest BCUT2D eigenvalue weighted by atomic mass is 16.5. The number of carbonyl (C=O) groups is 3. The van der Waals surface area contributed by atoms with Gasteiger partial charge in [-0.25, -0.2) is 4.79 Å². The van der Waals surface area contributed by atoms with E-state index in [-0.39, 0.29) is 30.2 Å². The zero-order valence-corrected chi connectivity index (χ0v) is 15.7. The van der Waals surface area contributed by atoms with Crippen LogP contribution in [0, 0.1) is 11.3 Å². The van der Waals surface area contributed by atoms with Gasteiger partial charge in [-0.3, -0.25) is 19.6 Å². The number of Topliss-reactive ketones (excluding diaryl/α,β-unsaturated/α-hetero) is 1. The summed E-state index contributed by atoms with van der Waals surface area (Å²) >= 11 is 0. The van der Waals surface area contributed by atoms with Crippen LogP contribution in [0.25, 0.3) is 0 Å². The van der Waals surface area contributed by atoms with Crippen molar-refractivity contribution in [1.82, 2.24) is 10.2 Å². The summed E-state index contributed by atoms with van der Waals surface area (Å²) in [6.07, 6.45) is 1.16. The molecule has 1 aliphatic carbocycles. The summed E-state index contributed by atoms with van der Waals surface area (Å²) in [6.45, 7) is 3.33. The van der Waals surface area contributed by atoms with Crippen LogP contribution in [0.2, 0.25) is 0 Å². The molecule has 1 N–H and O–H groups in total. The summed E-state index contributed by atoms with van der Waals surface area (Å²) in [5, 5.41) is 15.6. The highest BCUT2D eigenvalue weighted by Crippen LogP contribution is 2.46. The van der Waals surface area contributed by atoms with Gasteiger partial charge in [0.15, 0.2) is 11.5 Å². The zero-order valence-electron chi connectivity index (χ0n) is 15.7. The maximum atomic E-state index is 13.3. The Kier molecular flexibility index (Phi) is 5.27. The largest absolute Gasteiger partial charge is 0.461 e. The number of nitriles is 1. The molecule has 1 fully saturated rings. The van der Waals surface area contributed by atoms with Crippen LogP contribution in [0.4, 0.5) is 5.69 Å². The lowest BCUT2D eigenvalue weighted by molar-refractivity contribution is -0.119. The number of ketones is 1. The van der Waals surface area contributed by atoms with Crippen LogP contribution in [0.1, 0.15) is 53.2 Å². The van der Waals surface area contributed by atoms with Gasteiger partial charge in [-0.15, -0.1) is 0 Å². The Morgan fingerprint density at radius 1 is 1.32 bits per heavy atom. The summed E-state index contributed by atoms with van der Waals surface area (Å²) in [5.74, 6) is -1.25. The van der Waals surface area contributed by atoms with E-state index in [0.717, 1.165) is 0 Å². The van der Waals surface area contributed by atoms with E-state index in [1.54, 1.807) is 31.2 Å². The third-order valence-electron chi connectivity index (χ3n) is 4.80. The monoisotopic (exact) mass is 380 g/mol. The van der Waals surface area contributed by atoms with Gasteiger partial charge in [0.2, 0.25) is 0 Å². The second-order valence-corrected chi connectivity index (χ2v) is 6.58. The molecular formula is C20H20N4O4. The number of hydrogen-bond acceptors (Lipinski definition) is 6. The van der Waals surface area contributed by atoms with Gasteiger partial charge < -0.3 is 4.74 Å². The molecule has 1 aliphatic rings. The third kappa shape index (κ3) is 3.39. The number of hydrogen-bond donors (Lipinski definition) is 1.